The van der Waals surface area contributed by atoms with Gasteiger partial charge in [0.1, 0.15) is 18.2 Å². The molecule has 0 amide bonds. The molecule has 0 aliphatic carbocycles. The smallest absolute Gasteiger partial charge is 0.138 e. The summed E-state index contributed by atoms with van der Waals surface area (Å²) < 4.78 is 18.6. The first-order chi connectivity index (χ1) is 8.69. The third kappa shape index (κ3) is 3.23. The Balaban J connectivity index is 2.06. The van der Waals surface area contributed by atoms with Gasteiger partial charge in [0.15, 0.2) is 0 Å². The van der Waals surface area contributed by atoms with E-state index in [1.54, 1.807) is 6.07 Å². The molecule has 0 heterocycles. The van der Waals surface area contributed by atoms with Gasteiger partial charge in [-0.1, -0.05) is 36.7 Å². The summed E-state index contributed by atoms with van der Waals surface area (Å²) in [6.07, 6.45) is 0.934. The number of hydrogen-bond acceptors (Lipinski definition) is 1. The molecule has 2 aromatic rings. The predicted octanol–water partition coefficient (Wildman–Crippen LogP) is 4.62. The van der Waals surface area contributed by atoms with Crippen molar-refractivity contribution in [3.63, 3.8) is 0 Å². The Kier molecular flexibility index (Phi) is 4.21. The van der Waals surface area contributed by atoms with Crippen molar-refractivity contribution < 1.29 is 9.13 Å². The van der Waals surface area contributed by atoms with Crippen LogP contribution in [0.1, 0.15) is 18.1 Å². The Morgan fingerprint density at radius 3 is 2.61 bits per heavy atom. The highest BCUT2D eigenvalue weighted by Gasteiger charge is 2.03. The van der Waals surface area contributed by atoms with Gasteiger partial charge in [-0.05, 0) is 41.8 Å². The topological polar surface area (TPSA) is 9.23 Å². The summed E-state index contributed by atoms with van der Waals surface area (Å²) in [6, 6.07) is 12.1. The summed E-state index contributed by atoms with van der Waals surface area (Å²) in [5, 5.41) is 0.589. The lowest BCUT2D eigenvalue weighted by Crippen LogP contribution is -1.96. The zero-order valence-electron chi connectivity index (χ0n) is 10.1. The van der Waals surface area contributed by atoms with Crippen molar-refractivity contribution in [3.05, 3.63) is 64.4 Å². The van der Waals surface area contributed by atoms with Crippen molar-refractivity contribution in [3.8, 4) is 5.75 Å². The summed E-state index contributed by atoms with van der Waals surface area (Å²) in [4.78, 5) is 0. The molecule has 1 nitrogen and oxygen atoms in total. The Bertz CT molecular complexity index is 540. The molecular formula is C15H14ClFO. The third-order valence-electron chi connectivity index (χ3n) is 2.69. The largest absolute Gasteiger partial charge is 0.487 e. The molecule has 18 heavy (non-hydrogen) atoms. The molecule has 0 radical (unpaired) electrons. The SMILES string of the molecule is CCc1ccc(OCc2cccc(F)c2)c(Cl)c1. The number of halogens is 2. The number of aryl methyl sites for hydroxylation is 1. The van der Waals surface area contributed by atoms with Crippen LogP contribution in [0.15, 0.2) is 42.5 Å². The van der Waals surface area contributed by atoms with E-state index in [2.05, 4.69) is 6.92 Å². The van der Waals surface area contributed by atoms with Crippen LogP contribution in [0.25, 0.3) is 0 Å². The number of hydrogen-bond donors (Lipinski definition) is 0. The maximum absolute atomic E-state index is 13.0. The van der Waals surface area contributed by atoms with E-state index in [-0.39, 0.29) is 5.82 Å². The van der Waals surface area contributed by atoms with Gasteiger partial charge in [0.2, 0.25) is 0 Å². The van der Waals surface area contributed by atoms with Crippen molar-refractivity contribution >= 4 is 11.6 Å². The van der Waals surface area contributed by atoms with Gasteiger partial charge in [-0.15, -0.1) is 0 Å². The van der Waals surface area contributed by atoms with Crippen molar-refractivity contribution in [2.24, 2.45) is 0 Å². The minimum absolute atomic E-state index is 0.261. The van der Waals surface area contributed by atoms with Gasteiger partial charge < -0.3 is 4.74 Å². The molecule has 2 rings (SSSR count). The molecule has 0 spiro atoms. The second-order valence-corrected chi connectivity index (χ2v) is 4.44. The minimum Gasteiger partial charge on any atom is -0.487 e. The van der Waals surface area contributed by atoms with Crippen LogP contribution >= 0.6 is 11.6 Å². The van der Waals surface area contributed by atoms with Crippen molar-refractivity contribution in [2.45, 2.75) is 20.0 Å². The van der Waals surface area contributed by atoms with E-state index in [1.165, 1.54) is 12.1 Å². The lowest BCUT2D eigenvalue weighted by atomic mass is 10.2. The highest BCUT2D eigenvalue weighted by Crippen LogP contribution is 2.26. The zero-order chi connectivity index (χ0) is 13.0. The summed E-state index contributed by atoms with van der Waals surface area (Å²) in [5.41, 5.74) is 1.95. The molecular weight excluding hydrogens is 251 g/mol. The van der Waals surface area contributed by atoms with E-state index >= 15 is 0 Å². The zero-order valence-corrected chi connectivity index (χ0v) is 10.9. The highest BCUT2D eigenvalue weighted by molar-refractivity contribution is 6.32. The average Bonchev–Trinajstić information content (AvgIpc) is 2.37. The molecule has 0 unspecified atom stereocenters. The molecule has 0 bridgehead atoms. The molecule has 0 saturated heterocycles. The first-order valence-electron chi connectivity index (χ1n) is 5.84. The third-order valence-corrected chi connectivity index (χ3v) is 2.98. The number of rotatable bonds is 4. The van der Waals surface area contributed by atoms with Crippen LogP contribution < -0.4 is 4.74 Å². The van der Waals surface area contributed by atoms with Crippen LogP contribution in [-0.2, 0) is 13.0 Å². The fourth-order valence-corrected chi connectivity index (χ4v) is 1.93. The molecule has 3 heteroatoms. The van der Waals surface area contributed by atoms with E-state index < -0.39 is 0 Å². The van der Waals surface area contributed by atoms with E-state index in [4.69, 9.17) is 16.3 Å². The lowest BCUT2D eigenvalue weighted by molar-refractivity contribution is 0.305. The molecule has 0 N–H and O–H groups in total. The molecule has 94 valence electrons. The van der Waals surface area contributed by atoms with E-state index in [0.717, 1.165) is 17.5 Å². The van der Waals surface area contributed by atoms with Gasteiger partial charge in [0, 0.05) is 0 Å². The first kappa shape index (κ1) is 12.9. The van der Waals surface area contributed by atoms with Gasteiger partial charge >= 0.3 is 0 Å². The van der Waals surface area contributed by atoms with Gasteiger partial charge in [-0.2, -0.15) is 0 Å². The molecule has 0 fully saturated rings. The van der Waals surface area contributed by atoms with Crippen LogP contribution in [-0.4, -0.2) is 0 Å². The maximum atomic E-state index is 13.0. The van der Waals surface area contributed by atoms with E-state index in [9.17, 15) is 4.39 Å². The van der Waals surface area contributed by atoms with Crippen molar-refractivity contribution in [1.82, 2.24) is 0 Å². The van der Waals surface area contributed by atoms with Gasteiger partial charge in [0.05, 0.1) is 5.02 Å². The van der Waals surface area contributed by atoms with Crippen LogP contribution in [0.3, 0.4) is 0 Å². The molecule has 0 aliphatic heterocycles. The number of benzene rings is 2. The quantitative estimate of drug-likeness (QED) is 0.783. The van der Waals surface area contributed by atoms with Crippen LogP contribution in [0.2, 0.25) is 5.02 Å². The Hall–Kier alpha value is -1.54. The molecule has 0 saturated carbocycles. The standard InChI is InChI=1S/C15H14ClFO/c1-2-11-6-7-15(14(16)9-11)18-10-12-4-3-5-13(17)8-12/h3-9H,2,10H2,1H3. The van der Waals surface area contributed by atoms with Gasteiger partial charge in [0.25, 0.3) is 0 Å². The molecule has 0 atom stereocenters. The predicted molar refractivity (Wildman–Crippen MR) is 71.6 cm³/mol. The highest BCUT2D eigenvalue weighted by atomic mass is 35.5. The second-order valence-electron chi connectivity index (χ2n) is 4.04. The van der Waals surface area contributed by atoms with E-state index in [0.29, 0.717) is 17.4 Å². The van der Waals surface area contributed by atoms with Crippen LogP contribution in [0.4, 0.5) is 4.39 Å². The Labute approximate surface area is 111 Å². The fourth-order valence-electron chi connectivity index (χ4n) is 1.67. The summed E-state index contributed by atoms with van der Waals surface area (Å²) in [5.74, 6) is 0.363. The fraction of sp³-hybridized carbons (Fsp3) is 0.200. The molecule has 0 aromatic heterocycles. The van der Waals surface area contributed by atoms with Gasteiger partial charge in [-0.25, -0.2) is 4.39 Å². The Morgan fingerprint density at radius 2 is 1.94 bits per heavy atom. The average molecular weight is 265 g/mol. The van der Waals surface area contributed by atoms with Gasteiger partial charge in [-0.3, -0.25) is 0 Å². The summed E-state index contributed by atoms with van der Waals surface area (Å²) >= 11 is 6.11. The molecule has 0 aliphatic rings. The summed E-state index contributed by atoms with van der Waals surface area (Å²) in [7, 11) is 0. The van der Waals surface area contributed by atoms with Crippen molar-refractivity contribution in [2.75, 3.05) is 0 Å². The lowest BCUT2D eigenvalue weighted by Gasteiger charge is -2.09. The summed E-state index contributed by atoms with van der Waals surface area (Å²) in [6.45, 7) is 2.38. The number of ether oxygens (including phenoxy) is 1. The van der Waals surface area contributed by atoms with Crippen LogP contribution in [0.5, 0.6) is 5.75 Å². The molecule has 2 aromatic carbocycles. The first-order valence-corrected chi connectivity index (χ1v) is 6.22. The normalized spacial score (nSPS) is 10.4. The maximum Gasteiger partial charge on any atom is 0.138 e. The van der Waals surface area contributed by atoms with Crippen molar-refractivity contribution in [1.29, 1.82) is 0 Å². The Morgan fingerprint density at radius 1 is 1.11 bits per heavy atom. The van der Waals surface area contributed by atoms with Crippen LogP contribution in [0, 0.1) is 5.82 Å². The minimum atomic E-state index is -0.261. The monoisotopic (exact) mass is 264 g/mol. The second kappa shape index (κ2) is 5.87. The van der Waals surface area contributed by atoms with E-state index in [1.807, 2.05) is 24.3 Å².